The predicted octanol–water partition coefficient (Wildman–Crippen LogP) is 1.42. The third-order valence-electron chi connectivity index (χ3n) is 3.66. The Morgan fingerprint density at radius 1 is 1.32 bits per heavy atom. The molecule has 5 nitrogen and oxygen atoms in total. The molecule has 0 atom stereocenters. The molecule has 118 valence electrons. The van der Waals surface area contributed by atoms with Crippen LogP contribution >= 0.6 is 0 Å². The van der Waals surface area contributed by atoms with Crippen molar-refractivity contribution in [2.45, 2.75) is 6.92 Å². The lowest BCUT2D eigenvalue weighted by Crippen LogP contribution is -2.52. The Kier molecular flexibility index (Phi) is 5.96. The Morgan fingerprint density at radius 3 is 2.68 bits per heavy atom. The monoisotopic (exact) mass is 300 g/mol. The number of para-hydroxylation sites is 2. The first kappa shape index (κ1) is 16.0. The highest BCUT2D eigenvalue weighted by molar-refractivity contribution is 5.80. The summed E-state index contributed by atoms with van der Waals surface area (Å²) in [5.41, 5.74) is 1.15. The van der Waals surface area contributed by atoms with Crippen LogP contribution in [0, 0.1) is 12.3 Å². The minimum Gasteiger partial charge on any atom is -0.495 e. The van der Waals surface area contributed by atoms with E-state index in [-0.39, 0.29) is 0 Å². The van der Waals surface area contributed by atoms with Crippen LogP contribution in [0.4, 0.5) is 5.69 Å². The highest BCUT2D eigenvalue weighted by atomic mass is 16.5. The number of hydrogen-bond donors (Lipinski definition) is 1. The number of aliphatic imine (C=N–C) groups is 1. The molecule has 1 heterocycles. The summed E-state index contributed by atoms with van der Waals surface area (Å²) in [6.45, 7) is 7.01. The lowest BCUT2D eigenvalue weighted by Gasteiger charge is -2.38. The lowest BCUT2D eigenvalue weighted by molar-refractivity contribution is 0.367. The third-order valence-corrected chi connectivity index (χ3v) is 3.66. The maximum Gasteiger partial charge on any atom is 0.195 e. The largest absolute Gasteiger partial charge is 0.495 e. The van der Waals surface area contributed by atoms with Crippen molar-refractivity contribution in [3.8, 4) is 18.1 Å². The molecule has 2 rings (SSSR count). The fourth-order valence-corrected chi connectivity index (χ4v) is 2.60. The maximum absolute atomic E-state index is 5.45. The molecule has 22 heavy (non-hydrogen) atoms. The molecule has 1 aliphatic rings. The summed E-state index contributed by atoms with van der Waals surface area (Å²) in [5.74, 6) is 4.39. The summed E-state index contributed by atoms with van der Waals surface area (Å²) in [6, 6.07) is 8.14. The summed E-state index contributed by atoms with van der Waals surface area (Å²) in [7, 11) is 1.71. The number of hydrogen-bond acceptors (Lipinski definition) is 3. The molecule has 0 bridgehead atoms. The molecule has 0 saturated carbocycles. The van der Waals surface area contributed by atoms with Gasteiger partial charge in [0.2, 0.25) is 0 Å². The maximum atomic E-state index is 5.45. The molecule has 0 spiro atoms. The van der Waals surface area contributed by atoms with E-state index >= 15 is 0 Å². The van der Waals surface area contributed by atoms with Gasteiger partial charge in [-0.2, -0.15) is 0 Å². The van der Waals surface area contributed by atoms with Crippen molar-refractivity contribution >= 4 is 11.6 Å². The van der Waals surface area contributed by atoms with Gasteiger partial charge in [-0.05, 0) is 19.1 Å². The molecule has 0 amide bonds. The smallest absolute Gasteiger partial charge is 0.195 e. The SMILES string of the molecule is C#CCN=C(NCC)N1CCN(c2ccccc2OC)CC1. The van der Waals surface area contributed by atoms with Gasteiger partial charge in [-0.25, -0.2) is 4.99 Å². The molecular formula is C17H24N4O. The topological polar surface area (TPSA) is 40.1 Å². The average molecular weight is 300 g/mol. The van der Waals surface area contributed by atoms with E-state index in [0.29, 0.717) is 6.54 Å². The predicted molar refractivity (Wildman–Crippen MR) is 91.6 cm³/mol. The first-order valence-corrected chi connectivity index (χ1v) is 7.64. The number of benzene rings is 1. The van der Waals surface area contributed by atoms with Crippen LogP contribution in [0.15, 0.2) is 29.3 Å². The Hall–Kier alpha value is -2.35. The van der Waals surface area contributed by atoms with Crippen LogP contribution in [-0.2, 0) is 0 Å². The number of methoxy groups -OCH3 is 1. The van der Waals surface area contributed by atoms with Crippen LogP contribution in [0.3, 0.4) is 0 Å². The van der Waals surface area contributed by atoms with Crippen molar-refractivity contribution in [1.82, 2.24) is 10.2 Å². The first-order valence-electron chi connectivity index (χ1n) is 7.64. The first-order chi connectivity index (χ1) is 10.8. The van der Waals surface area contributed by atoms with Gasteiger partial charge in [-0.3, -0.25) is 0 Å². The summed E-state index contributed by atoms with van der Waals surface area (Å²) in [6.07, 6.45) is 5.31. The van der Waals surface area contributed by atoms with Gasteiger partial charge < -0.3 is 19.9 Å². The molecule has 1 aromatic rings. The highest BCUT2D eigenvalue weighted by Gasteiger charge is 2.21. The second kappa shape index (κ2) is 8.18. The van der Waals surface area contributed by atoms with Gasteiger partial charge in [0.05, 0.1) is 12.8 Å². The zero-order valence-electron chi connectivity index (χ0n) is 13.4. The quantitative estimate of drug-likeness (QED) is 0.519. The molecule has 0 aromatic heterocycles. The molecule has 1 N–H and O–H groups in total. The minimum atomic E-state index is 0.412. The van der Waals surface area contributed by atoms with Gasteiger partial charge in [0.15, 0.2) is 5.96 Å². The van der Waals surface area contributed by atoms with Crippen molar-refractivity contribution in [3.05, 3.63) is 24.3 Å². The fourth-order valence-electron chi connectivity index (χ4n) is 2.60. The molecule has 0 radical (unpaired) electrons. The molecule has 0 aliphatic carbocycles. The third kappa shape index (κ3) is 3.85. The Bertz CT molecular complexity index is 542. The number of guanidine groups is 1. The van der Waals surface area contributed by atoms with Gasteiger partial charge in [0.1, 0.15) is 12.3 Å². The molecule has 5 heteroatoms. The van der Waals surface area contributed by atoms with E-state index in [2.05, 4.69) is 39.0 Å². The standard InChI is InChI=1S/C17H24N4O/c1-4-10-19-17(18-5-2)21-13-11-20(12-14-21)15-8-6-7-9-16(15)22-3/h1,6-9H,5,10-14H2,2-3H3,(H,18,19). The van der Waals surface area contributed by atoms with Gasteiger partial charge >= 0.3 is 0 Å². The van der Waals surface area contributed by atoms with Crippen molar-refractivity contribution in [2.75, 3.05) is 51.3 Å². The van der Waals surface area contributed by atoms with Crippen molar-refractivity contribution in [3.63, 3.8) is 0 Å². The summed E-state index contributed by atoms with van der Waals surface area (Å²) < 4.78 is 5.45. The van der Waals surface area contributed by atoms with Crippen LogP contribution in [0.1, 0.15) is 6.92 Å². The van der Waals surface area contributed by atoms with E-state index in [1.807, 2.05) is 18.2 Å². The van der Waals surface area contributed by atoms with Gasteiger partial charge in [-0.1, -0.05) is 18.1 Å². The summed E-state index contributed by atoms with van der Waals surface area (Å²) in [4.78, 5) is 9.04. The van der Waals surface area contributed by atoms with E-state index in [0.717, 1.165) is 50.1 Å². The second-order valence-corrected chi connectivity index (χ2v) is 5.02. The number of terminal acetylenes is 1. The molecule has 1 aromatic carbocycles. The van der Waals surface area contributed by atoms with Gasteiger partial charge in [0, 0.05) is 32.7 Å². The van der Waals surface area contributed by atoms with E-state index in [1.54, 1.807) is 7.11 Å². The Balaban J connectivity index is 2.01. The minimum absolute atomic E-state index is 0.412. The Morgan fingerprint density at radius 2 is 2.05 bits per heavy atom. The van der Waals surface area contributed by atoms with Crippen LogP contribution in [-0.4, -0.2) is 57.2 Å². The van der Waals surface area contributed by atoms with E-state index in [4.69, 9.17) is 11.2 Å². The number of nitrogens with one attached hydrogen (secondary N) is 1. The van der Waals surface area contributed by atoms with E-state index in [1.165, 1.54) is 0 Å². The van der Waals surface area contributed by atoms with Crippen LogP contribution < -0.4 is 15.0 Å². The number of ether oxygens (including phenoxy) is 1. The molecule has 1 fully saturated rings. The molecule has 1 saturated heterocycles. The Labute approximate surface area is 133 Å². The van der Waals surface area contributed by atoms with Crippen LogP contribution in [0.5, 0.6) is 5.75 Å². The van der Waals surface area contributed by atoms with E-state index in [9.17, 15) is 0 Å². The fraction of sp³-hybridized carbons (Fsp3) is 0.471. The highest BCUT2D eigenvalue weighted by Crippen LogP contribution is 2.28. The summed E-state index contributed by atoms with van der Waals surface area (Å²) >= 11 is 0. The molecule has 1 aliphatic heterocycles. The van der Waals surface area contributed by atoms with E-state index < -0.39 is 0 Å². The lowest BCUT2D eigenvalue weighted by atomic mass is 10.2. The number of piperazine rings is 1. The average Bonchev–Trinajstić information content (AvgIpc) is 2.59. The second-order valence-electron chi connectivity index (χ2n) is 5.02. The van der Waals surface area contributed by atoms with Crippen LogP contribution in [0.25, 0.3) is 0 Å². The van der Waals surface area contributed by atoms with Crippen molar-refractivity contribution < 1.29 is 4.74 Å². The van der Waals surface area contributed by atoms with Crippen molar-refractivity contribution in [1.29, 1.82) is 0 Å². The van der Waals surface area contributed by atoms with Crippen molar-refractivity contribution in [2.24, 2.45) is 4.99 Å². The molecular weight excluding hydrogens is 276 g/mol. The van der Waals surface area contributed by atoms with Gasteiger partial charge in [0.25, 0.3) is 0 Å². The van der Waals surface area contributed by atoms with Gasteiger partial charge in [-0.15, -0.1) is 6.42 Å². The number of anilines is 1. The van der Waals surface area contributed by atoms with Crippen LogP contribution in [0.2, 0.25) is 0 Å². The normalized spacial score (nSPS) is 15.4. The zero-order valence-corrected chi connectivity index (χ0v) is 13.4. The number of nitrogens with zero attached hydrogens (tertiary/aromatic N) is 3. The summed E-state index contributed by atoms with van der Waals surface area (Å²) in [5, 5.41) is 3.30. The number of rotatable bonds is 4. The molecule has 0 unspecified atom stereocenters. The zero-order chi connectivity index (χ0) is 15.8.